The number of Topliss-reactive ketones (excluding diaryl/α,β-unsaturated/α-hetero) is 1. The molecule has 3 nitrogen and oxygen atoms in total. The zero-order chi connectivity index (χ0) is 13.0. The molecule has 0 aliphatic carbocycles. The Balaban J connectivity index is 2.23. The van der Waals surface area contributed by atoms with Crippen LogP contribution in [0.1, 0.15) is 15.9 Å². The third kappa shape index (κ3) is 2.83. The van der Waals surface area contributed by atoms with E-state index in [-0.39, 0.29) is 5.78 Å². The maximum absolute atomic E-state index is 11.8. The summed E-state index contributed by atoms with van der Waals surface area (Å²) in [5.41, 5.74) is 2.03. The van der Waals surface area contributed by atoms with Crippen molar-refractivity contribution in [2.75, 3.05) is 0 Å². The molecular weight excluding hydrogens is 226 g/mol. The largest absolute Gasteiger partial charge is 0.618 e. The van der Waals surface area contributed by atoms with Gasteiger partial charge >= 0.3 is 0 Å². The predicted molar refractivity (Wildman–Crippen MR) is 71.3 cm³/mol. The summed E-state index contributed by atoms with van der Waals surface area (Å²) in [6.45, 7) is 1.95. The minimum atomic E-state index is -0.297. The van der Waals surface area contributed by atoms with Crippen LogP contribution < -0.4 is 0 Å². The molecule has 90 valence electrons. The molecule has 0 aliphatic heterocycles. The van der Waals surface area contributed by atoms with Crippen molar-refractivity contribution in [3.8, 4) is 0 Å². The van der Waals surface area contributed by atoms with Crippen LogP contribution in [0.5, 0.6) is 0 Å². The maximum atomic E-state index is 11.8. The van der Waals surface area contributed by atoms with Crippen LogP contribution in [0.3, 0.4) is 0 Å². The summed E-state index contributed by atoms with van der Waals surface area (Å²) < 4.78 is 0.586. The summed E-state index contributed by atoms with van der Waals surface area (Å²) in [5, 5.41) is 11.7. The van der Waals surface area contributed by atoms with E-state index in [4.69, 9.17) is 0 Å². The van der Waals surface area contributed by atoms with Crippen LogP contribution in [0, 0.1) is 12.1 Å². The van der Waals surface area contributed by atoms with E-state index >= 15 is 0 Å². The van der Waals surface area contributed by atoms with Crippen molar-refractivity contribution >= 4 is 17.7 Å². The molecule has 0 heterocycles. The molecule has 0 aliphatic rings. The number of hydrogen-bond acceptors (Lipinski definition) is 2. The molecule has 0 spiro atoms. The lowest BCUT2D eigenvalue weighted by Gasteiger charge is -2.02. The van der Waals surface area contributed by atoms with E-state index in [1.165, 1.54) is 0 Å². The topological polar surface area (TPSA) is 43.1 Å². The number of para-hydroxylation sites is 1. The van der Waals surface area contributed by atoms with E-state index in [9.17, 15) is 10.0 Å². The molecule has 0 radical (unpaired) electrons. The molecule has 0 saturated heterocycles. The summed E-state index contributed by atoms with van der Waals surface area (Å²) in [7, 11) is 0. The lowest BCUT2D eigenvalue weighted by atomic mass is 10.1. The van der Waals surface area contributed by atoms with E-state index in [0.717, 1.165) is 11.8 Å². The Morgan fingerprint density at radius 3 is 2.28 bits per heavy atom. The molecule has 18 heavy (non-hydrogen) atoms. The van der Waals surface area contributed by atoms with E-state index in [2.05, 4.69) is 0 Å². The summed E-state index contributed by atoms with van der Waals surface area (Å²) in [6.07, 6.45) is 1.06. The van der Waals surface area contributed by atoms with Crippen molar-refractivity contribution in [2.45, 2.75) is 6.92 Å². The second-order valence-corrected chi connectivity index (χ2v) is 4.02. The summed E-state index contributed by atoms with van der Waals surface area (Å²) in [4.78, 5) is 11.8. The molecule has 0 bridgehead atoms. The molecule has 0 amide bonds. The fourth-order valence-corrected chi connectivity index (χ4v) is 1.55. The van der Waals surface area contributed by atoms with Gasteiger partial charge in [0.25, 0.3) is 0 Å². The molecule has 0 unspecified atom stereocenters. The third-order valence-electron chi connectivity index (χ3n) is 2.58. The number of hydrogen-bond donors (Lipinski definition) is 0. The summed E-state index contributed by atoms with van der Waals surface area (Å²) >= 11 is 0. The monoisotopic (exact) mass is 239 g/mol. The Kier molecular flexibility index (Phi) is 3.53. The van der Waals surface area contributed by atoms with Crippen molar-refractivity contribution in [1.29, 1.82) is 0 Å². The smallest absolute Gasteiger partial charge is 0.250 e. The molecule has 0 N–H and O–H groups in total. The first-order chi connectivity index (χ1) is 8.66. The van der Waals surface area contributed by atoms with Crippen LogP contribution in [0.25, 0.3) is 0 Å². The van der Waals surface area contributed by atoms with Crippen molar-refractivity contribution in [1.82, 2.24) is 0 Å². The zero-order valence-electron chi connectivity index (χ0n) is 10.0. The Morgan fingerprint density at radius 2 is 1.67 bits per heavy atom. The first-order valence-electron chi connectivity index (χ1n) is 5.64. The van der Waals surface area contributed by atoms with Gasteiger partial charge in [-0.15, -0.1) is 0 Å². The molecule has 0 saturated carbocycles. The Labute approximate surface area is 106 Å². The van der Waals surface area contributed by atoms with Gasteiger partial charge in [0.05, 0.1) is 0 Å². The van der Waals surface area contributed by atoms with Crippen molar-refractivity contribution in [2.24, 2.45) is 0 Å². The number of aryl methyl sites for hydroxylation is 1. The van der Waals surface area contributed by atoms with Crippen LogP contribution >= 0.6 is 0 Å². The summed E-state index contributed by atoms with van der Waals surface area (Å²) in [6, 6.07) is 15.8. The van der Waals surface area contributed by atoms with Gasteiger partial charge in [-0.25, -0.2) is 0 Å². The number of rotatable bonds is 3. The average Bonchev–Trinajstić information content (AvgIpc) is 2.40. The average molecular weight is 239 g/mol. The van der Waals surface area contributed by atoms with Gasteiger partial charge in [0.1, 0.15) is 0 Å². The van der Waals surface area contributed by atoms with Crippen LogP contribution in [-0.4, -0.2) is 16.7 Å². The fourth-order valence-electron chi connectivity index (χ4n) is 1.55. The highest BCUT2D eigenvalue weighted by Crippen LogP contribution is 2.09. The maximum Gasteiger partial charge on any atom is 0.250 e. The van der Waals surface area contributed by atoms with Crippen molar-refractivity contribution in [3.63, 3.8) is 0 Å². The Morgan fingerprint density at radius 1 is 1.06 bits per heavy atom. The van der Waals surface area contributed by atoms with Gasteiger partial charge < -0.3 is 5.21 Å². The minimum Gasteiger partial charge on any atom is -0.618 e. The van der Waals surface area contributed by atoms with Crippen LogP contribution in [0.15, 0.2) is 54.6 Å². The second-order valence-electron chi connectivity index (χ2n) is 4.02. The molecule has 3 heteroatoms. The molecular formula is C15H13NO2. The highest BCUT2D eigenvalue weighted by Gasteiger charge is 2.08. The number of nitrogens with zero attached hydrogens (tertiary/aromatic N) is 1. The standard InChI is InChI=1S/C15H13NO2/c1-12-7-9-13(10-8-12)15(17)11-16(18)14-5-3-2-4-6-14/h2-11H,1H3/b16-11+. The van der Waals surface area contributed by atoms with Gasteiger partial charge in [0.15, 0.2) is 0 Å². The molecule has 2 rings (SSSR count). The zero-order valence-corrected chi connectivity index (χ0v) is 10.0. The number of carbonyl (C=O) groups excluding carboxylic acids is 1. The first kappa shape index (κ1) is 12.0. The number of carbonyl (C=O) groups is 1. The predicted octanol–water partition coefficient (Wildman–Crippen LogP) is 3.09. The molecule has 2 aromatic rings. The number of ketones is 1. The highest BCUT2D eigenvalue weighted by atomic mass is 16.5. The molecule has 2 aromatic carbocycles. The van der Waals surface area contributed by atoms with E-state index < -0.39 is 0 Å². The molecule has 0 atom stereocenters. The van der Waals surface area contributed by atoms with Gasteiger partial charge in [-0.2, -0.15) is 4.74 Å². The van der Waals surface area contributed by atoms with Crippen LogP contribution in [-0.2, 0) is 0 Å². The van der Waals surface area contributed by atoms with Crippen LogP contribution in [0.4, 0.5) is 5.69 Å². The SMILES string of the molecule is Cc1ccc(C(=O)/C=[N+](/[O-])c2ccccc2)cc1. The molecule has 0 aromatic heterocycles. The lowest BCUT2D eigenvalue weighted by Crippen LogP contribution is -2.08. The van der Waals surface area contributed by atoms with Crippen molar-refractivity contribution < 1.29 is 9.53 Å². The first-order valence-corrected chi connectivity index (χ1v) is 5.64. The van der Waals surface area contributed by atoms with Gasteiger partial charge in [-0.05, 0) is 6.92 Å². The summed E-state index contributed by atoms with van der Waals surface area (Å²) in [5.74, 6) is -0.297. The van der Waals surface area contributed by atoms with Gasteiger partial charge in [-0.1, -0.05) is 48.0 Å². The van der Waals surface area contributed by atoms with Gasteiger partial charge in [0.2, 0.25) is 17.7 Å². The minimum absolute atomic E-state index is 0.297. The number of benzene rings is 2. The van der Waals surface area contributed by atoms with E-state index in [0.29, 0.717) is 16.0 Å². The van der Waals surface area contributed by atoms with Crippen molar-refractivity contribution in [3.05, 3.63) is 70.9 Å². The molecule has 0 fully saturated rings. The highest BCUT2D eigenvalue weighted by molar-refractivity contribution is 6.33. The lowest BCUT2D eigenvalue weighted by molar-refractivity contribution is -0.353. The quantitative estimate of drug-likeness (QED) is 0.271. The van der Waals surface area contributed by atoms with Gasteiger partial charge in [0, 0.05) is 17.7 Å². The second kappa shape index (κ2) is 5.27. The van der Waals surface area contributed by atoms with Crippen LogP contribution in [0.2, 0.25) is 0 Å². The normalized spacial score (nSPS) is 11.3. The van der Waals surface area contributed by atoms with Gasteiger partial charge in [-0.3, -0.25) is 4.79 Å². The Bertz CT molecular complexity index is 571. The van der Waals surface area contributed by atoms with E-state index in [1.807, 2.05) is 25.1 Å². The van der Waals surface area contributed by atoms with E-state index in [1.54, 1.807) is 36.4 Å². The fraction of sp³-hybridized carbons (Fsp3) is 0.0667. The third-order valence-corrected chi connectivity index (χ3v) is 2.58. The Hall–Kier alpha value is -2.42.